The lowest BCUT2D eigenvalue weighted by Crippen LogP contribution is -2.28. The van der Waals surface area contributed by atoms with Gasteiger partial charge in [0, 0.05) is 24.8 Å². The number of nitrogens with zero attached hydrogens (tertiary/aromatic N) is 3. The Balaban J connectivity index is 1.99. The van der Waals surface area contributed by atoms with Gasteiger partial charge in [-0.05, 0) is 24.1 Å². The number of nitrogens with one attached hydrogen (secondary N) is 2. The first kappa shape index (κ1) is 18.5. The van der Waals surface area contributed by atoms with Crippen LogP contribution in [0.1, 0.15) is 24.2 Å². The van der Waals surface area contributed by atoms with Crippen molar-refractivity contribution in [3.8, 4) is 0 Å². The maximum Gasteiger partial charge on any atom is 0.255 e. The van der Waals surface area contributed by atoms with Gasteiger partial charge in [0.15, 0.2) is 5.82 Å². The van der Waals surface area contributed by atoms with Crippen LogP contribution in [0.5, 0.6) is 0 Å². The fourth-order valence-electron chi connectivity index (χ4n) is 2.54. The molecule has 0 saturated heterocycles. The third-order valence-corrected chi connectivity index (χ3v) is 4.39. The van der Waals surface area contributed by atoms with Gasteiger partial charge in [0.25, 0.3) is 5.91 Å². The normalized spacial score (nSPS) is 11.2. The number of hydrogen-bond acceptors (Lipinski definition) is 4. The van der Waals surface area contributed by atoms with Crippen LogP contribution in [0.2, 0.25) is 10.0 Å². The summed E-state index contributed by atoms with van der Waals surface area (Å²) in [6.45, 7) is 4.68. The number of anilines is 2. The second kappa shape index (κ2) is 7.51. The lowest BCUT2D eigenvalue weighted by atomic mass is 10.2. The first-order chi connectivity index (χ1) is 12.4. The van der Waals surface area contributed by atoms with Crippen molar-refractivity contribution in [2.24, 2.45) is 13.0 Å². The van der Waals surface area contributed by atoms with Crippen LogP contribution in [-0.4, -0.2) is 27.0 Å². The van der Waals surface area contributed by atoms with Crippen molar-refractivity contribution in [3.63, 3.8) is 0 Å². The van der Waals surface area contributed by atoms with Crippen LogP contribution < -0.4 is 10.6 Å². The van der Waals surface area contributed by atoms with E-state index in [1.54, 1.807) is 35.3 Å². The molecule has 0 fully saturated rings. The minimum Gasteiger partial charge on any atom is -0.352 e. The van der Waals surface area contributed by atoms with Crippen molar-refractivity contribution < 1.29 is 4.79 Å². The minimum absolute atomic E-state index is 0.170. The second-order valence-electron chi connectivity index (χ2n) is 6.43. The molecule has 0 aliphatic rings. The SMILES string of the molecule is CC(C)CNC(=O)c1cnc(Nc2ccc(Cl)cc2Cl)c2ncn(C)c12. The number of pyridine rings is 1. The third-order valence-electron chi connectivity index (χ3n) is 3.84. The molecular weight excluding hydrogens is 373 g/mol. The Morgan fingerprint density at radius 3 is 2.73 bits per heavy atom. The first-order valence-corrected chi connectivity index (χ1v) is 8.92. The number of rotatable bonds is 5. The quantitative estimate of drug-likeness (QED) is 0.675. The maximum atomic E-state index is 12.5. The molecule has 3 rings (SSSR count). The molecule has 1 amide bonds. The van der Waals surface area contributed by atoms with E-state index in [0.29, 0.717) is 50.6 Å². The summed E-state index contributed by atoms with van der Waals surface area (Å²) in [5.41, 5.74) is 2.44. The van der Waals surface area contributed by atoms with E-state index >= 15 is 0 Å². The molecule has 0 aliphatic heterocycles. The molecule has 0 spiro atoms. The summed E-state index contributed by atoms with van der Waals surface area (Å²) in [5.74, 6) is 0.711. The Kier molecular flexibility index (Phi) is 5.34. The second-order valence-corrected chi connectivity index (χ2v) is 7.27. The van der Waals surface area contributed by atoms with Crippen molar-refractivity contribution in [3.05, 3.63) is 46.3 Å². The van der Waals surface area contributed by atoms with Crippen LogP contribution in [0.4, 0.5) is 11.5 Å². The van der Waals surface area contributed by atoms with Crippen LogP contribution in [0.15, 0.2) is 30.7 Å². The van der Waals surface area contributed by atoms with Gasteiger partial charge in [0.2, 0.25) is 0 Å². The molecule has 0 atom stereocenters. The van der Waals surface area contributed by atoms with Crippen LogP contribution >= 0.6 is 23.2 Å². The number of carbonyl (C=O) groups excluding carboxylic acids is 1. The summed E-state index contributed by atoms with van der Waals surface area (Å²) in [4.78, 5) is 21.3. The van der Waals surface area contributed by atoms with Gasteiger partial charge in [0.05, 0.1) is 28.1 Å². The fourth-order valence-corrected chi connectivity index (χ4v) is 3.00. The molecule has 2 aromatic heterocycles. The van der Waals surface area contributed by atoms with E-state index in [1.807, 2.05) is 20.9 Å². The predicted octanol–water partition coefficient (Wildman–Crippen LogP) is 4.40. The summed E-state index contributed by atoms with van der Waals surface area (Å²) in [6.07, 6.45) is 3.20. The summed E-state index contributed by atoms with van der Waals surface area (Å²) in [7, 11) is 1.84. The molecule has 0 aliphatic carbocycles. The van der Waals surface area contributed by atoms with Crippen LogP contribution in [-0.2, 0) is 7.05 Å². The average Bonchev–Trinajstić information content (AvgIpc) is 2.98. The zero-order chi connectivity index (χ0) is 18.8. The van der Waals surface area contributed by atoms with Gasteiger partial charge in [-0.1, -0.05) is 37.0 Å². The molecule has 0 saturated carbocycles. The molecule has 2 heterocycles. The van der Waals surface area contributed by atoms with Crippen molar-refractivity contribution in [1.29, 1.82) is 0 Å². The Labute approximate surface area is 161 Å². The topological polar surface area (TPSA) is 71.8 Å². The summed E-state index contributed by atoms with van der Waals surface area (Å²) >= 11 is 12.2. The number of aryl methyl sites for hydroxylation is 1. The Bertz CT molecular complexity index is 968. The monoisotopic (exact) mass is 391 g/mol. The largest absolute Gasteiger partial charge is 0.352 e. The lowest BCUT2D eigenvalue weighted by Gasteiger charge is -2.12. The molecule has 0 unspecified atom stereocenters. The van der Waals surface area contributed by atoms with Crippen molar-refractivity contribution in [2.75, 3.05) is 11.9 Å². The van der Waals surface area contributed by atoms with E-state index in [9.17, 15) is 4.79 Å². The van der Waals surface area contributed by atoms with Gasteiger partial charge in [-0.2, -0.15) is 0 Å². The van der Waals surface area contributed by atoms with E-state index in [0.717, 1.165) is 0 Å². The van der Waals surface area contributed by atoms with Gasteiger partial charge in [-0.15, -0.1) is 0 Å². The standard InChI is InChI=1S/C18H19Cl2N5O/c1-10(2)7-22-18(26)12-8-21-17(15-16(12)25(3)9-23-15)24-14-5-4-11(19)6-13(14)20/h4-6,8-10H,7H2,1-3H3,(H,21,24)(H,22,26). The molecule has 0 bridgehead atoms. The maximum absolute atomic E-state index is 12.5. The van der Waals surface area contributed by atoms with E-state index in [2.05, 4.69) is 20.6 Å². The highest BCUT2D eigenvalue weighted by molar-refractivity contribution is 6.36. The van der Waals surface area contributed by atoms with Crippen LogP contribution in [0.25, 0.3) is 11.0 Å². The molecule has 136 valence electrons. The molecule has 6 nitrogen and oxygen atoms in total. The number of imidazole rings is 1. The average molecular weight is 392 g/mol. The van der Waals surface area contributed by atoms with Crippen LogP contribution in [0.3, 0.4) is 0 Å². The molecular formula is C18H19Cl2N5O. The smallest absolute Gasteiger partial charge is 0.255 e. The van der Waals surface area contributed by atoms with Crippen molar-refractivity contribution >= 4 is 51.6 Å². The number of halogens is 2. The zero-order valence-electron chi connectivity index (χ0n) is 14.7. The van der Waals surface area contributed by atoms with Gasteiger partial charge >= 0.3 is 0 Å². The Hall–Kier alpha value is -2.31. The number of hydrogen-bond donors (Lipinski definition) is 2. The van der Waals surface area contributed by atoms with Gasteiger partial charge in [0.1, 0.15) is 5.52 Å². The number of aromatic nitrogens is 3. The zero-order valence-corrected chi connectivity index (χ0v) is 16.2. The number of benzene rings is 1. The molecule has 26 heavy (non-hydrogen) atoms. The summed E-state index contributed by atoms with van der Waals surface area (Å²) in [6, 6.07) is 5.15. The molecule has 2 N–H and O–H groups in total. The van der Waals surface area contributed by atoms with Gasteiger partial charge in [-0.25, -0.2) is 9.97 Å². The highest BCUT2D eigenvalue weighted by atomic mass is 35.5. The van der Waals surface area contributed by atoms with E-state index in [4.69, 9.17) is 23.2 Å². The highest BCUT2D eigenvalue weighted by Crippen LogP contribution is 2.31. The summed E-state index contributed by atoms with van der Waals surface area (Å²) in [5, 5.41) is 7.10. The number of fused-ring (bicyclic) bond motifs is 1. The summed E-state index contributed by atoms with van der Waals surface area (Å²) < 4.78 is 1.80. The highest BCUT2D eigenvalue weighted by Gasteiger charge is 2.18. The number of amides is 1. The van der Waals surface area contributed by atoms with E-state index in [1.165, 1.54) is 0 Å². The number of carbonyl (C=O) groups is 1. The minimum atomic E-state index is -0.170. The Morgan fingerprint density at radius 2 is 2.04 bits per heavy atom. The van der Waals surface area contributed by atoms with Gasteiger partial charge in [-0.3, -0.25) is 4.79 Å². The van der Waals surface area contributed by atoms with Crippen LogP contribution in [0, 0.1) is 5.92 Å². The molecule has 1 aromatic carbocycles. The third kappa shape index (κ3) is 3.76. The first-order valence-electron chi connectivity index (χ1n) is 8.17. The van der Waals surface area contributed by atoms with Crippen molar-refractivity contribution in [1.82, 2.24) is 19.9 Å². The van der Waals surface area contributed by atoms with Gasteiger partial charge < -0.3 is 15.2 Å². The molecule has 3 aromatic rings. The Morgan fingerprint density at radius 1 is 1.27 bits per heavy atom. The molecule has 8 heteroatoms. The van der Waals surface area contributed by atoms with Crippen molar-refractivity contribution in [2.45, 2.75) is 13.8 Å². The predicted molar refractivity (Wildman–Crippen MR) is 105 cm³/mol. The fraction of sp³-hybridized carbons (Fsp3) is 0.278. The lowest BCUT2D eigenvalue weighted by molar-refractivity contribution is 0.0950. The van der Waals surface area contributed by atoms with E-state index in [-0.39, 0.29) is 5.91 Å². The van der Waals surface area contributed by atoms with E-state index < -0.39 is 0 Å². The molecule has 0 radical (unpaired) electrons.